The summed E-state index contributed by atoms with van der Waals surface area (Å²) in [7, 11) is 0. The first-order valence-corrected chi connectivity index (χ1v) is 12.8. The van der Waals surface area contributed by atoms with Crippen molar-refractivity contribution in [2.75, 3.05) is 6.67 Å². The lowest BCUT2D eigenvalue weighted by atomic mass is 9.92. The lowest BCUT2D eigenvalue weighted by Crippen LogP contribution is -2.51. The van der Waals surface area contributed by atoms with Gasteiger partial charge in [0.2, 0.25) is 0 Å². The van der Waals surface area contributed by atoms with Gasteiger partial charge in [0.15, 0.2) is 0 Å². The molecule has 2 aliphatic heterocycles. The Bertz CT molecular complexity index is 1570. The molecule has 8 nitrogen and oxygen atoms in total. The van der Waals surface area contributed by atoms with Gasteiger partial charge in [0.25, 0.3) is 23.6 Å². The molecule has 2 aliphatic rings. The van der Waals surface area contributed by atoms with E-state index in [1.807, 2.05) is 39.8 Å². The molecule has 0 bridgehead atoms. The molecule has 0 atom stereocenters. The minimum Gasteiger partial charge on any atom is -0.490 e. The van der Waals surface area contributed by atoms with Gasteiger partial charge in [0.05, 0.1) is 12.2 Å². The topological polar surface area (TPSA) is 93.2 Å². The van der Waals surface area contributed by atoms with E-state index in [9.17, 15) is 19.2 Å². The van der Waals surface area contributed by atoms with Crippen molar-refractivity contribution in [1.29, 1.82) is 0 Å². The number of imide groups is 2. The second kappa shape index (κ2) is 8.94. The van der Waals surface area contributed by atoms with Gasteiger partial charge in [-0.1, -0.05) is 24.3 Å². The summed E-state index contributed by atoms with van der Waals surface area (Å²) in [6.07, 6.45) is -0.185. The highest BCUT2D eigenvalue weighted by Gasteiger charge is 2.40. The summed E-state index contributed by atoms with van der Waals surface area (Å²) in [6.45, 7) is 7.09. The third-order valence-electron chi connectivity index (χ3n) is 6.91. The van der Waals surface area contributed by atoms with Gasteiger partial charge in [-0.15, -0.1) is 0 Å². The van der Waals surface area contributed by atoms with E-state index in [0.29, 0.717) is 55.3 Å². The lowest BCUT2D eigenvalue weighted by molar-refractivity contribution is 0.0420. The molecular formula is C31H26N2O6. The summed E-state index contributed by atoms with van der Waals surface area (Å²) >= 11 is 0. The molecule has 2 heterocycles. The van der Waals surface area contributed by atoms with Gasteiger partial charge in [-0.05, 0) is 64.1 Å². The van der Waals surface area contributed by atoms with Gasteiger partial charge >= 0.3 is 0 Å². The maximum absolute atomic E-state index is 13.6. The van der Waals surface area contributed by atoms with Crippen LogP contribution in [0, 0.1) is 0 Å². The van der Waals surface area contributed by atoms with Crippen LogP contribution in [0.3, 0.4) is 0 Å². The fraction of sp³-hybridized carbons (Fsp3) is 0.226. The van der Waals surface area contributed by atoms with Crippen LogP contribution >= 0.6 is 0 Å². The number of hydrogen-bond donors (Lipinski definition) is 0. The Morgan fingerprint density at radius 3 is 1.26 bits per heavy atom. The maximum atomic E-state index is 13.6. The van der Waals surface area contributed by atoms with E-state index >= 15 is 0 Å². The Morgan fingerprint density at radius 2 is 0.897 bits per heavy atom. The molecule has 0 N–H and O–H groups in total. The van der Waals surface area contributed by atoms with Crippen LogP contribution in [-0.2, 0) is 0 Å². The first kappa shape index (κ1) is 24.6. The molecule has 0 spiro atoms. The van der Waals surface area contributed by atoms with Crippen molar-refractivity contribution in [2.24, 2.45) is 0 Å². The third-order valence-corrected chi connectivity index (χ3v) is 6.91. The van der Waals surface area contributed by atoms with Crippen LogP contribution < -0.4 is 9.47 Å². The van der Waals surface area contributed by atoms with Gasteiger partial charge in [-0.2, -0.15) is 0 Å². The molecule has 0 radical (unpaired) electrons. The molecule has 4 aromatic carbocycles. The van der Waals surface area contributed by atoms with Gasteiger partial charge in [0, 0.05) is 43.8 Å². The van der Waals surface area contributed by atoms with Gasteiger partial charge in [-0.3, -0.25) is 29.0 Å². The van der Waals surface area contributed by atoms with Crippen LogP contribution in [0.5, 0.6) is 11.5 Å². The van der Waals surface area contributed by atoms with E-state index in [0.717, 1.165) is 9.80 Å². The number of hydrogen-bond acceptors (Lipinski definition) is 6. The Kier molecular flexibility index (Phi) is 5.64. The lowest BCUT2D eigenvalue weighted by Gasteiger charge is -2.34. The first-order valence-electron chi connectivity index (χ1n) is 12.8. The summed E-state index contributed by atoms with van der Waals surface area (Å²) in [5.74, 6) is -1.16. The highest BCUT2D eigenvalue weighted by molar-refractivity contribution is 6.28. The van der Waals surface area contributed by atoms with Crippen molar-refractivity contribution in [3.8, 4) is 11.5 Å². The number of rotatable bonds is 6. The van der Waals surface area contributed by atoms with Crippen LogP contribution in [0.1, 0.15) is 69.1 Å². The van der Waals surface area contributed by atoms with E-state index in [-0.39, 0.29) is 12.2 Å². The van der Waals surface area contributed by atoms with Crippen LogP contribution in [0.4, 0.5) is 0 Å². The van der Waals surface area contributed by atoms with Crippen LogP contribution in [-0.4, -0.2) is 52.3 Å². The molecule has 8 heteroatoms. The molecule has 4 amide bonds. The van der Waals surface area contributed by atoms with Crippen LogP contribution in [0.15, 0.2) is 60.7 Å². The largest absolute Gasteiger partial charge is 0.490 e. The Labute approximate surface area is 224 Å². The second-order valence-corrected chi connectivity index (χ2v) is 10.2. The van der Waals surface area contributed by atoms with E-state index < -0.39 is 30.3 Å². The molecule has 0 aromatic heterocycles. The minimum atomic E-state index is -0.579. The smallest absolute Gasteiger partial charge is 0.262 e. The number of carbonyl (C=O) groups excluding carboxylic acids is 4. The molecule has 0 saturated heterocycles. The van der Waals surface area contributed by atoms with Crippen molar-refractivity contribution in [2.45, 2.75) is 39.9 Å². The van der Waals surface area contributed by atoms with Crippen LogP contribution in [0.2, 0.25) is 0 Å². The van der Waals surface area contributed by atoms with Crippen molar-refractivity contribution >= 4 is 45.2 Å². The molecule has 0 unspecified atom stereocenters. The zero-order valence-corrected chi connectivity index (χ0v) is 22.0. The maximum Gasteiger partial charge on any atom is 0.262 e. The zero-order valence-electron chi connectivity index (χ0n) is 22.0. The summed E-state index contributed by atoms with van der Waals surface area (Å²) in [4.78, 5) is 56.4. The molecule has 196 valence electrons. The minimum absolute atomic E-state index is 0.0926. The summed E-state index contributed by atoms with van der Waals surface area (Å²) < 4.78 is 11.8. The molecule has 6 rings (SSSR count). The fourth-order valence-electron chi connectivity index (χ4n) is 5.35. The molecule has 0 saturated carbocycles. The third kappa shape index (κ3) is 3.74. The van der Waals surface area contributed by atoms with Crippen molar-refractivity contribution in [3.63, 3.8) is 0 Å². The average Bonchev–Trinajstić information content (AvgIpc) is 2.90. The van der Waals surface area contributed by atoms with E-state index in [1.165, 1.54) is 0 Å². The van der Waals surface area contributed by atoms with Crippen molar-refractivity contribution in [1.82, 2.24) is 9.80 Å². The Hall–Kier alpha value is -4.72. The van der Waals surface area contributed by atoms with E-state index in [1.54, 1.807) is 48.5 Å². The number of ether oxygens (including phenoxy) is 2. The molecule has 4 aromatic rings. The number of benzene rings is 4. The monoisotopic (exact) mass is 522 g/mol. The predicted octanol–water partition coefficient (Wildman–Crippen LogP) is 5.42. The normalized spacial score (nSPS) is 14.8. The van der Waals surface area contributed by atoms with E-state index in [2.05, 4.69) is 0 Å². The number of amides is 4. The molecule has 0 aliphatic carbocycles. The number of nitrogens with zero attached hydrogens (tertiary/aromatic N) is 2. The summed E-state index contributed by atoms with van der Waals surface area (Å²) in [5, 5.41) is 2.33. The second-order valence-electron chi connectivity index (χ2n) is 10.2. The van der Waals surface area contributed by atoms with Gasteiger partial charge < -0.3 is 9.47 Å². The standard InChI is InChI=1S/C31H26N2O6/c1-16(2)38-24-13-11-22-26-18(24)7-5-9-20(26)28(34)32(30(22)36)15-33-29(35)21-10-6-8-19-25(39-17(3)4)14-12-23(27(19)21)31(33)37/h5-14,16-17H,15H2,1-4H3. The molecular weight excluding hydrogens is 496 g/mol. The van der Waals surface area contributed by atoms with E-state index in [4.69, 9.17) is 9.47 Å². The highest BCUT2D eigenvalue weighted by atomic mass is 16.5. The quantitative estimate of drug-likeness (QED) is 0.314. The van der Waals surface area contributed by atoms with Crippen molar-refractivity contribution in [3.05, 3.63) is 82.9 Å². The van der Waals surface area contributed by atoms with Gasteiger partial charge in [-0.25, -0.2) is 0 Å². The molecule has 0 fully saturated rings. The Balaban J connectivity index is 1.39. The van der Waals surface area contributed by atoms with Crippen LogP contribution in [0.25, 0.3) is 21.5 Å². The van der Waals surface area contributed by atoms with Gasteiger partial charge in [0.1, 0.15) is 18.2 Å². The number of carbonyl (C=O) groups is 4. The zero-order chi connectivity index (χ0) is 27.6. The predicted molar refractivity (Wildman–Crippen MR) is 145 cm³/mol. The summed E-state index contributed by atoms with van der Waals surface area (Å²) in [5.41, 5.74) is 1.25. The Morgan fingerprint density at radius 1 is 0.538 bits per heavy atom. The first-order chi connectivity index (χ1) is 18.7. The average molecular weight is 523 g/mol. The molecule has 39 heavy (non-hydrogen) atoms. The summed E-state index contributed by atoms with van der Waals surface area (Å²) in [6, 6.07) is 17.0. The SMILES string of the molecule is CC(C)Oc1ccc2c3c(cccc13)C(=O)N(CN1C(=O)c3cccc4c(OC(C)C)ccc(c34)C1=O)C2=O. The fourth-order valence-corrected chi connectivity index (χ4v) is 5.35. The highest BCUT2D eigenvalue weighted by Crippen LogP contribution is 2.38. The van der Waals surface area contributed by atoms with Crippen molar-refractivity contribution < 1.29 is 28.7 Å².